The minimum Gasteiger partial charge on any atom is -0.410 e. The van der Waals surface area contributed by atoms with E-state index in [1.54, 1.807) is 0 Å². The SMILES string of the molecule is CCO[Si](C)(C)C(F)(F)C(F)(F)C(F)(F)C(F)(F)C(F)(F)C(F)(F)C(F)(F)C(F)(F)C(F)(F)C(F)(F)F. The quantitative estimate of drug-likeness (QED) is 0.168. The molecule has 0 spiro atoms. The van der Waals surface area contributed by atoms with Crippen molar-refractivity contribution in [3.05, 3.63) is 0 Å². The molecular weight excluding hydrogens is 611 g/mol. The third-order valence-electron chi connectivity index (χ3n) is 4.77. The Morgan fingerprint density at radius 2 is 0.622 bits per heavy atom. The van der Waals surface area contributed by atoms with Crippen molar-refractivity contribution in [2.75, 3.05) is 6.61 Å². The second kappa shape index (κ2) is 8.86. The lowest BCUT2D eigenvalue weighted by atomic mass is 9.87. The summed E-state index contributed by atoms with van der Waals surface area (Å²) in [4.78, 5) is 0. The van der Waals surface area contributed by atoms with Crippen LogP contribution >= 0.6 is 0 Å². The predicted octanol–water partition coefficient (Wildman–Crippen LogP) is 8.05. The summed E-state index contributed by atoms with van der Waals surface area (Å²) >= 11 is 0. The third kappa shape index (κ3) is 4.32. The highest BCUT2D eigenvalue weighted by molar-refractivity contribution is 6.74. The van der Waals surface area contributed by atoms with Crippen molar-refractivity contribution in [2.45, 2.75) is 79.1 Å². The molecule has 0 aliphatic carbocycles. The molecule has 0 heterocycles. The molecule has 0 amide bonds. The molecule has 0 aromatic carbocycles. The fourth-order valence-corrected chi connectivity index (χ4v) is 4.20. The lowest BCUT2D eigenvalue weighted by molar-refractivity contribution is -0.472. The van der Waals surface area contributed by atoms with Crippen molar-refractivity contribution in [3.63, 3.8) is 0 Å². The normalized spacial score (nSPS) is 16.9. The average Bonchev–Trinajstić information content (AvgIpc) is 2.65. The van der Waals surface area contributed by atoms with Crippen LogP contribution in [0.2, 0.25) is 13.1 Å². The van der Waals surface area contributed by atoms with E-state index in [0.717, 1.165) is 6.92 Å². The zero-order chi connectivity index (χ0) is 30.9. The van der Waals surface area contributed by atoms with Crippen LogP contribution in [-0.2, 0) is 4.43 Å². The van der Waals surface area contributed by atoms with E-state index in [2.05, 4.69) is 4.43 Å². The molecule has 0 aromatic heterocycles. The molecule has 0 aliphatic rings. The van der Waals surface area contributed by atoms with Gasteiger partial charge in [-0.15, -0.1) is 0 Å². The zero-order valence-electron chi connectivity index (χ0n) is 17.6. The maximum absolute atomic E-state index is 14.0. The van der Waals surface area contributed by atoms with E-state index in [1.807, 2.05) is 0 Å². The van der Waals surface area contributed by atoms with Crippen LogP contribution in [-0.4, -0.2) is 74.0 Å². The minimum absolute atomic E-state index is 0.126. The van der Waals surface area contributed by atoms with Crippen LogP contribution in [0.3, 0.4) is 0 Å². The number of halogens is 21. The van der Waals surface area contributed by atoms with E-state index in [4.69, 9.17) is 0 Å². The van der Waals surface area contributed by atoms with Crippen LogP contribution in [0.4, 0.5) is 92.2 Å². The molecule has 0 aliphatic heterocycles. The Balaban J connectivity index is 7.17. The van der Waals surface area contributed by atoms with Crippen LogP contribution in [0.25, 0.3) is 0 Å². The molecule has 0 fully saturated rings. The Kier molecular flexibility index (Phi) is 8.55. The Bertz CT molecular complexity index is 826. The summed E-state index contributed by atoms with van der Waals surface area (Å²) in [7, 11) is -5.79. The highest BCUT2D eigenvalue weighted by atomic mass is 28.4. The van der Waals surface area contributed by atoms with Crippen molar-refractivity contribution in [1.29, 1.82) is 0 Å². The Morgan fingerprint density at radius 3 is 0.838 bits per heavy atom. The largest absolute Gasteiger partial charge is 0.460 e. The average molecular weight is 622 g/mol. The summed E-state index contributed by atoms with van der Waals surface area (Å²) in [6, 6.07) is 0. The zero-order valence-corrected chi connectivity index (χ0v) is 18.6. The van der Waals surface area contributed by atoms with E-state index < -0.39 is 74.0 Å². The van der Waals surface area contributed by atoms with Crippen molar-refractivity contribution in [1.82, 2.24) is 0 Å². The summed E-state index contributed by atoms with van der Waals surface area (Å²) in [5.74, 6) is -70.2. The topological polar surface area (TPSA) is 9.23 Å². The van der Waals surface area contributed by atoms with E-state index in [1.165, 1.54) is 0 Å². The van der Waals surface area contributed by atoms with Gasteiger partial charge >= 0.3 is 59.1 Å². The second-order valence-corrected chi connectivity index (χ2v) is 11.5. The van der Waals surface area contributed by atoms with Crippen molar-refractivity contribution < 1.29 is 96.6 Å². The van der Waals surface area contributed by atoms with Gasteiger partial charge in [0.2, 0.25) is 0 Å². The molecule has 1 nitrogen and oxygen atoms in total. The van der Waals surface area contributed by atoms with Crippen molar-refractivity contribution in [3.8, 4) is 0 Å². The molecule has 0 saturated heterocycles. The van der Waals surface area contributed by atoms with E-state index in [0.29, 0.717) is 0 Å². The second-order valence-electron chi connectivity index (χ2n) is 7.61. The van der Waals surface area contributed by atoms with Gasteiger partial charge in [-0.05, 0) is 20.0 Å². The van der Waals surface area contributed by atoms with Crippen molar-refractivity contribution in [2.24, 2.45) is 0 Å². The number of alkyl halides is 21. The molecule has 0 rings (SSSR count). The van der Waals surface area contributed by atoms with Crippen LogP contribution in [0.15, 0.2) is 0 Å². The maximum atomic E-state index is 14.0. The maximum Gasteiger partial charge on any atom is 0.460 e. The fourth-order valence-electron chi connectivity index (χ4n) is 2.39. The standard InChI is InChI=1S/C14H11F21OSi/c1-4-36-37(2,3)14(34,35)12(29,30)10(25,26)8(21,22)6(17,18)5(15,16)7(19,20)9(23,24)11(27,28)13(31,32)33/h4H2,1-3H3. The highest BCUT2D eigenvalue weighted by Crippen LogP contribution is 2.66. The van der Waals surface area contributed by atoms with Gasteiger partial charge in [-0.3, -0.25) is 0 Å². The summed E-state index contributed by atoms with van der Waals surface area (Å²) in [5, 5.41) is 0. The summed E-state index contributed by atoms with van der Waals surface area (Å²) in [5.41, 5.74) is -6.66. The molecule has 0 N–H and O–H groups in total. The van der Waals surface area contributed by atoms with Gasteiger partial charge in [0.25, 0.3) is 8.32 Å². The molecule has 0 saturated carbocycles. The Hall–Kier alpha value is -1.29. The van der Waals surface area contributed by atoms with Gasteiger partial charge in [0.05, 0.1) is 0 Å². The van der Waals surface area contributed by atoms with Crippen LogP contribution < -0.4 is 0 Å². The molecule has 0 radical (unpaired) electrons. The smallest absolute Gasteiger partial charge is 0.410 e. The van der Waals surface area contributed by atoms with Crippen LogP contribution in [0.5, 0.6) is 0 Å². The Labute approximate surface area is 192 Å². The highest BCUT2D eigenvalue weighted by Gasteiger charge is 2.98. The van der Waals surface area contributed by atoms with E-state index in [-0.39, 0.29) is 13.1 Å². The predicted molar refractivity (Wildman–Crippen MR) is 79.7 cm³/mol. The molecule has 0 atom stereocenters. The van der Waals surface area contributed by atoms with Gasteiger partial charge in [-0.1, -0.05) is 0 Å². The van der Waals surface area contributed by atoms with Gasteiger partial charge in [-0.25, -0.2) is 8.78 Å². The molecule has 0 aromatic rings. The first-order valence-electron chi connectivity index (χ1n) is 8.67. The first kappa shape index (κ1) is 35.7. The number of hydrogen-bond donors (Lipinski definition) is 0. The Morgan fingerprint density at radius 1 is 0.405 bits per heavy atom. The number of rotatable bonds is 11. The van der Waals surface area contributed by atoms with Crippen LogP contribution in [0.1, 0.15) is 6.92 Å². The first-order chi connectivity index (χ1) is 15.6. The minimum atomic E-state index is -9.16. The van der Waals surface area contributed by atoms with Gasteiger partial charge in [0.1, 0.15) is 0 Å². The fraction of sp³-hybridized carbons (Fsp3) is 1.00. The molecular formula is C14H11F21OSi. The molecule has 0 unspecified atom stereocenters. The molecule has 37 heavy (non-hydrogen) atoms. The van der Waals surface area contributed by atoms with Gasteiger partial charge < -0.3 is 4.43 Å². The molecule has 224 valence electrons. The lowest BCUT2D eigenvalue weighted by Gasteiger charge is -2.46. The summed E-state index contributed by atoms with van der Waals surface area (Å²) < 4.78 is 283. The van der Waals surface area contributed by atoms with Gasteiger partial charge in [-0.2, -0.15) is 83.4 Å². The van der Waals surface area contributed by atoms with Crippen molar-refractivity contribution >= 4 is 8.32 Å². The summed E-state index contributed by atoms with van der Waals surface area (Å²) in [6.45, 7) is -0.585. The van der Waals surface area contributed by atoms with E-state index >= 15 is 0 Å². The van der Waals surface area contributed by atoms with Gasteiger partial charge in [0.15, 0.2) is 0 Å². The monoisotopic (exact) mass is 622 g/mol. The molecule has 0 bridgehead atoms. The lowest BCUT2D eigenvalue weighted by Crippen LogP contribution is -2.78. The third-order valence-corrected chi connectivity index (χ3v) is 7.61. The number of hydrogen-bond acceptors (Lipinski definition) is 1. The van der Waals surface area contributed by atoms with E-state index in [9.17, 15) is 92.2 Å². The van der Waals surface area contributed by atoms with Gasteiger partial charge in [0, 0.05) is 6.61 Å². The molecule has 23 heteroatoms. The summed E-state index contributed by atoms with van der Waals surface area (Å²) in [6.07, 6.45) is -8.00. The first-order valence-corrected chi connectivity index (χ1v) is 11.6. The van der Waals surface area contributed by atoms with Crippen LogP contribution in [0, 0.1) is 0 Å².